The Morgan fingerprint density at radius 3 is 2.50 bits per heavy atom. The van der Waals surface area contributed by atoms with E-state index >= 15 is 0 Å². The predicted molar refractivity (Wildman–Crippen MR) is 88.5 cm³/mol. The van der Waals surface area contributed by atoms with Crippen molar-refractivity contribution in [2.45, 2.75) is 53.5 Å². The quantitative estimate of drug-likeness (QED) is 0.750. The molecule has 1 nitrogen and oxygen atoms in total. The minimum Gasteiger partial charge on any atom is -0.314 e. The normalized spacial score (nSPS) is 15.2. The van der Waals surface area contributed by atoms with Crippen molar-refractivity contribution >= 4 is 15.9 Å². The predicted octanol–water partition coefficient (Wildman–Crippen LogP) is 5.18. The van der Waals surface area contributed by atoms with Crippen LogP contribution < -0.4 is 5.32 Å². The maximum absolute atomic E-state index is 13.4. The maximum Gasteiger partial charge on any atom is 0.123 e. The van der Waals surface area contributed by atoms with E-state index in [0.29, 0.717) is 17.4 Å². The first-order chi connectivity index (χ1) is 9.24. The highest BCUT2D eigenvalue weighted by atomic mass is 79.9. The van der Waals surface area contributed by atoms with Crippen LogP contribution in [0.1, 0.15) is 46.6 Å². The Morgan fingerprint density at radius 1 is 1.30 bits per heavy atom. The highest BCUT2D eigenvalue weighted by Gasteiger charge is 2.23. The second kappa shape index (κ2) is 7.56. The summed E-state index contributed by atoms with van der Waals surface area (Å²) in [5, 5.41) is 3.54. The Balaban J connectivity index is 2.79. The molecule has 0 aliphatic rings. The SMILES string of the molecule is CCNC(Cc1cc(F)ccc1Br)CC(C)C(C)(C)C. The summed E-state index contributed by atoms with van der Waals surface area (Å²) in [6.45, 7) is 12.2. The molecule has 0 amide bonds. The van der Waals surface area contributed by atoms with Crippen molar-refractivity contribution in [2.75, 3.05) is 6.54 Å². The van der Waals surface area contributed by atoms with E-state index in [9.17, 15) is 4.39 Å². The molecule has 2 atom stereocenters. The van der Waals surface area contributed by atoms with Crippen molar-refractivity contribution in [3.63, 3.8) is 0 Å². The number of likely N-dealkylation sites (N-methyl/N-ethyl adjacent to an activating group) is 1. The molecule has 1 rings (SSSR count). The van der Waals surface area contributed by atoms with Gasteiger partial charge in [-0.05, 0) is 54.5 Å². The second-order valence-corrected chi connectivity index (χ2v) is 7.55. The van der Waals surface area contributed by atoms with Gasteiger partial charge in [-0.15, -0.1) is 0 Å². The molecule has 3 heteroatoms. The van der Waals surface area contributed by atoms with Gasteiger partial charge in [0.2, 0.25) is 0 Å². The smallest absolute Gasteiger partial charge is 0.123 e. The van der Waals surface area contributed by atoms with Crippen LogP contribution in [0, 0.1) is 17.2 Å². The topological polar surface area (TPSA) is 12.0 Å². The van der Waals surface area contributed by atoms with Crippen LogP contribution in [0.15, 0.2) is 22.7 Å². The molecule has 0 aliphatic heterocycles. The minimum atomic E-state index is -0.165. The molecule has 1 aromatic rings. The average Bonchev–Trinajstić information content (AvgIpc) is 2.33. The van der Waals surface area contributed by atoms with Crippen molar-refractivity contribution in [3.8, 4) is 0 Å². The lowest BCUT2D eigenvalue weighted by Crippen LogP contribution is -2.35. The maximum atomic E-state index is 13.4. The summed E-state index contributed by atoms with van der Waals surface area (Å²) in [6.07, 6.45) is 1.95. The van der Waals surface area contributed by atoms with Crippen LogP contribution in [0.2, 0.25) is 0 Å². The molecule has 2 unspecified atom stereocenters. The number of nitrogens with one attached hydrogen (secondary N) is 1. The number of benzene rings is 1. The Labute approximate surface area is 131 Å². The van der Waals surface area contributed by atoms with Gasteiger partial charge in [0.15, 0.2) is 0 Å². The minimum absolute atomic E-state index is 0.165. The molecule has 1 N–H and O–H groups in total. The molecular formula is C17H27BrFN. The fourth-order valence-electron chi connectivity index (χ4n) is 2.27. The van der Waals surface area contributed by atoms with Crippen LogP contribution in [0.3, 0.4) is 0 Å². The van der Waals surface area contributed by atoms with Gasteiger partial charge >= 0.3 is 0 Å². The molecule has 0 fully saturated rings. The summed E-state index contributed by atoms with van der Waals surface area (Å²) in [5.74, 6) is 0.446. The first-order valence-electron chi connectivity index (χ1n) is 7.41. The van der Waals surface area contributed by atoms with E-state index in [-0.39, 0.29) is 5.82 Å². The third kappa shape index (κ3) is 5.53. The molecule has 114 valence electrons. The van der Waals surface area contributed by atoms with Crippen molar-refractivity contribution in [1.29, 1.82) is 0 Å². The highest BCUT2D eigenvalue weighted by molar-refractivity contribution is 9.10. The number of rotatable bonds is 6. The number of hydrogen-bond acceptors (Lipinski definition) is 1. The van der Waals surface area contributed by atoms with E-state index in [1.54, 1.807) is 12.1 Å². The molecule has 0 bridgehead atoms. The van der Waals surface area contributed by atoms with Crippen molar-refractivity contribution in [3.05, 3.63) is 34.1 Å². The van der Waals surface area contributed by atoms with Gasteiger partial charge in [0, 0.05) is 10.5 Å². The van der Waals surface area contributed by atoms with E-state index in [2.05, 4.69) is 55.9 Å². The number of halogens is 2. The van der Waals surface area contributed by atoms with Gasteiger partial charge in [-0.1, -0.05) is 50.5 Å². The molecule has 0 saturated heterocycles. The van der Waals surface area contributed by atoms with Crippen LogP contribution in [0.5, 0.6) is 0 Å². The molecule has 1 aromatic carbocycles. The van der Waals surface area contributed by atoms with Gasteiger partial charge in [-0.3, -0.25) is 0 Å². The molecule has 0 heterocycles. The largest absolute Gasteiger partial charge is 0.314 e. The molecule has 0 spiro atoms. The van der Waals surface area contributed by atoms with E-state index < -0.39 is 0 Å². The third-order valence-electron chi connectivity index (χ3n) is 4.08. The van der Waals surface area contributed by atoms with Crippen molar-refractivity contribution < 1.29 is 4.39 Å². The fraction of sp³-hybridized carbons (Fsp3) is 0.647. The van der Waals surface area contributed by atoms with Crippen LogP contribution >= 0.6 is 15.9 Å². The Kier molecular flexibility index (Phi) is 6.67. The molecule has 0 aliphatic carbocycles. The van der Waals surface area contributed by atoms with Gasteiger partial charge in [0.1, 0.15) is 5.82 Å². The summed E-state index contributed by atoms with van der Waals surface area (Å²) in [6, 6.07) is 5.30. The summed E-state index contributed by atoms with van der Waals surface area (Å²) < 4.78 is 14.4. The van der Waals surface area contributed by atoms with Crippen LogP contribution in [-0.4, -0.2) is 12.6 Å². The van der Waals surface area contributed by atoms with E-state index in [0.717, 1.165) is 29.4 Å². The van der Waals surface area contributed by atoms with E-state index in [4.69, 9.17) is 0 Å². The fourth-order valence-corrected chi connectivity index (χ4v) is 2.68. The van der Waals surface area contributed by atoms with Gasteiger partial charge in [-0.2, -0.15) is 0 Å². The van der Waals surface area contributed by atoms with Gasteiger partial charge in [0.25, 0.3) is 0 Å². The van der Waals surface area contributed by atoms with Crippen LogP contribution in [0.25, 0.3) is 0 Å². The van der Waals surface area contributed by atoms with Gasteiger partial charge in [0.05, 0.1) is 0 Å². The Hall–Kier alpha value is -0.410. The lowest BCUT2D eigenvalue weighted by molar-refractivity contribution is 0.222. The van der Waals surface area contributed by atoms with Crippen LogP contribution in [0.4, 0.5) is 4.39 Å². The third-order valence-corrected chi connectivity index (χ3v) is 4.86. The molecule has 0 radical (unpaired) electrons. The average molecular weight is 344 g/mol. The zero-order valence-corrected chi connectivity index (χ0v) is 14.8. The molecule has 0 aromatic heterocycles. The highest BCUT2D eigenvalue weighted by Crippen LogP contribution is 2.30. The van der Waals surface area contributed by atoms with E-state index in [1.807, 2.05) is 0 Å². The van der Waals surface area contributed by atoms with Gasteiger partial charge < -0.3 is 5.32 Å². The molecule has 0 saturated carbocycles. The van der Waals surface area contributed by atoms with Gasteiger partial charge in [-0.25, -0.2) is 4.39 Å². The summed E-state index contributed by atoms with van der Waals surface area (Å²) in [7, 11) is 0. The summed E-state index contributed by atoms with van der Waals surface area (Å²) in [5.41, 5.74) is 1.34. The standard InChI is InChI=1S/C17H27BrFN/c1-6-20-15(9-12(2)17(3,4)5)11-13-10-14(19)7-8-16(13)18/h7-8,10,12,15,20H,6,9,11H2,1-5H3. The summed E-state index contributed by atoms with van der Waals surface area (Å²) >= 11 is 3.52. The lowest BCUT2D eigenvalue weighted by Gasteiger charge is -2.31. The monoisotopic (exact) mass is 343 g/mol. The summed E-state index contributed by atoms with van der Waals surface area (Å²) in [4.78, 5) is 0. The zero-order valence-electron chi connectivity index (χ0n) is 13.3. The lowest BCUT2D eigenvalue weighted by atomic mass is 9.78. The Bertz CT molecular complexity index is 425. The molecular weight excluding hydrogens is 317 g/mol. The van der Waals surface area contributed by atoms with E-state index in [1.165, 1.54) is 6.07 Å². The second-order valence-electron chi connectivity index (χ2n) is 6.70. The van der Waals surface area contributed by atoms with Crippen molar-refractivity contribution in [2.24, 2.45) is 11.3 Å². The van der Waals surface area contributed by atoms with Crippen molar-refractivity contribution in [1.82, 2.24) is 5.32 Å². The first kappa shape index (κ1) is 17.6. The number of hydrogen-bond donors (Lipinski definition) is 1. The molecule has 20 heavy (non-hydrogen) atoms. The Morgan fingerprint density at radius 2 is 1.95 bits per heavy atom. The first-order valence-corrected chi connectivity index (χ1v) is 8.20. The van der Waals surface area contributed by atoms with Crippen LogP contribution in [-0.2, 0) is 6.42 Å². The zero-order chi connectivity index (χ0) is 15.3.